The summed E-state index contributed by atoms with van der Waals surface area (Å²) in [7, 11) is 0. The summed E-state index contributed by atoms with van der Waals surface area (Å²) in [5.74, 6) is 0. The van der Waals surface area contributed by atoms with Gasteiger partial charge in [-0.2, -0.15) is 13.2 Å². The largest absolute Gasteiger partial charge is 0.444 e. The van der Waals surface area contributed by atoms with Gasteiger partial charge in [0.1, 0.15) is 5.60 Å². The molecule has 0 saturated carbocycles. The first kappa shape index (κ1) is 16.0. The third kappa shape index (κ3) is 9.92. The number of hydrogen-bond donors (Lipinski definition) is 2. The first-order valence-corrected chi connectivity index (χ1v) is 5.20. The Morgan fingerprint density at radius 3 is 2.24 bits per heavy atom. The highest BCUT2D eigenvalue weighted by atomic mass is 19.4. The van der Waals surface area contributed by atoms with Crippen LogP contribution in [-0.4, -0.2) is 35.6 Å². The molecule has 0 aliphatic rings. The third-order valence-electron chi connectivity index (χ3n) is 1.72. The molecule has 0 aromatic heterocycles. The van der Waals surface area contributed by atoms with Gasteiger partial charge in [-0.25, -0.2) is 4.79 Å². The van der Waals surface area contributed by atoms with Crippen molar-refractivity contribution in [1.82, 2.24) is 5.32 Å². The summed E-state index contributed by atoms with van der Waals surface area (Å²) in [6.45, 7) is 4.35. The zero-order chi connectivity index (χ0) is 13.7. The van der Waals surface area contributed by atoms with Crippen molar-refractivity contribution in [2.45, 2.75) is 51.4 Å². The van der Waals surface area contributed by atoms with Gasteiger partial charge in [0, 0.05) is 6.42 Å². The third-order valence-corrected chi connectivity index (χ3v) is 1.72. The van der Waals surface area contributed by atoms with E-state index in [4.69, 9.17) is 9.84 Å². The van der Waals surface area contributed by atoms with Crippen LogP contribution in [0.4, 0.5) is 18.0 Å². The molecule has 0 unspecified atom stereocenters. The molecule has 102 valence electrons. The highest BCUT2D eigenvalue weighted by Gasteiger charge is 2.29. The summed E-state index contributed by atoms with van der Waals surface area (Å²) in [5.41, 5.74) is -0.728. The Hall–Kier alpha value is -0.980. The van der Waals surface area contributed by atoms with Crippen LogP contribution in [0.25, 0.3) is 0 Å². The smallest absolute Gasteiger partial charge is 0.407 e. The highest BCUT2D eigenvalue weighted by Crippen LogP contribution is 2.22. The van der Waals surface area contributed by atoms with Crippen LogP contribution in [0.5, 0.6) is 0 Å². The summed E-state index contributed by atoms with van der Waals surface area (Å²) in [6, 6.07) is -0.952. The van der Waals surface area contributed by atoms with Crippen LogP contribution >= 0.6 is 0 Å². The van der Waals surface area contributed by atoms with E-state index in [9.17, 15) is 18.0 Å². The van der Waals surface area contributed by atoms with Crippen molar-refractivity contribution in [3.63, 3.8) is 0 Å². The number of hydrogen-bond acceptors (Lipinski definition) is 3. The Balaban J connectivity index is 4.09. The van der Waals surface area contributed by atoms with E-state index in [0.29, 0.717) is 0 Å². The number of nitrogens with one attached hydrogen (secondary N) is 1. The molecule has 0 saturated heterocycles. The normalized spacial score (nSPS) is 14.3. The first-order valence-electron chi connectivity index (χ1n) is 5.20. The van der Waals surface area contributed by atoms with Gasteiger partial charge in [-0.3, -0.25) is 0 Å². The van der Waals surface area contributed by atoms with Crippen LogP contribution in [0.3, 0.4) is 0 Å². The molecule has 0 bridgehead atoms. The van der Waals surface area contributed by atoms with Gasteiger partial charge in [0.05, 0.1) is 12.6 Å². The van der Waals surface area contributed by atoms with Crippen molar-refractivity contribution < 1.29 is 27.8 Å². The number of rotatable bonds is 4. The molecule has 4 nitrogen and oxygen atoms in total. The van der Waals surface area contributed by atoms with Crippen LogP contribution in [0.15, 0.2) is 0 Å². The molecule has 7 heteroatoms. The number of alkyl carbamates (subject to hydrolysis) is 1. The Morgan fingerprint density at radius 1 is 1.35 bits per heavy atom. The number of aliphatic hydroxyl groups excluding tert-OH is 1. The molecular formula is C10H18F3NO3. The highest BCUT2D eigenvalue weighted by molar-refractivity contribution is 5.68. The van der Waals surface area contributed by atoms with Crippen molar-refractivity contribution in [1.29, 1.82) is 0 Å². The predicted molar refractivity (Wildman–Crippen MR) is 55.5 cm³/mol. The monoisotopic (exact) mass is 257 g/mol. The van der Waals surface area contributed by atoms with Crippen LogP contribution in [-0.2, 0) is 4.74 Å². The van der Waals surface area contributed by atoms with E-state index in [1.165, 1.54) is 0 Å². The molecule has 0 aliphatic heterocycles. The number of ether oxygens (including phenoxy) is 1. The maximum absolute atomic E-state index is 11.9. The minimum atomic E-state index is -4.30. The number of alkyl halides is 3. The van der Waals surface area contributed by atoms with Crippen LogP contribution < -0.4 is 5.32 Å². The summed E-state index contributed by atoms with van der Waals surface area (Å²) in [5, 5.41) is 11.0. The number of carbonyl (C=O) groups is 1. The second-order valence-corrected chi connectivity index (χ2v) is 4.68. The van der Waals surface area contributed by atoms with Crippen molar-refractivity contribution in [3.8, 4) is 0 Å². The molecule has 0 heterocycles. The fourth-order valence-corrected chi connectivity index (χ4v) is 1.02. The van der Waals surface area contributed by atoms with E-state index in [-0.39, 0.29) is 6.42 Å². The Bertz CT molecular complexity index is 248. The lowest BCUT2D eigenvalue weighted by atomic mass is 10.1. The van der Waals surface area contributed by atoms with E-state index >= 15 is 0 Å². The minimum Gasteiger partial charge on any atom is -0.444 e. The van der Waals surface area contributed by atoms with E-state index in [2.05, 4.69) is 5.32 Å². The molecule has 0 aromatic rings. The van der Waals surface area contributed by atoms with Crippen LogP contribution in [0.1, 0.15) is 33.6 Å². The molecular weight excluding hydrogens is 239 g/mol. The second-order valence-electron chi connectivity index (χ2n) is 4.68. The molecule has 0 fully saturated rings. The molecule has 17 heavy (non-hydrogen) atoms. The van der Waals surface area contributed by atoms with Crippen molar-refractivity contribution in [2.75, 3.05) is 6.61 Å². The van der Waals surface area contributed by atoms with E-state index < -0.39 is 36.9 Å². The number of halogens is 3. The van der Waals surface area contributed by atoms with Gasteiger partial charge in [0.25, 0.3) is 0 Å². The van der Waals surface area contributed by atoms with Gasteiger partial charge >= 0.3 is 12.3 Å². The van der Waals surface area contributed by atoms with E-state index in [1.54, 1.807) is 20.8 Å². The van der Waals surface area contributed by atoms with Gasteiger partial charge in [0.2, 0.25) is 0 Å². The lowest BCUT2D eigenvalue weighted by Gasteiger charge is -2.23. The number of aliphatic hydroxyl groups is 1. The van der Waals surface area contributed by atoms with Crippen molar-refractivity contribution in [3.05, 3.63) is 0 Å². The second kappa shape index (κ2) is 6.09. The Morgan fingerprint density at radius 2 is 1.88 bits per heavy atom. The summed E-state index contributed by atoms with van der Waals surface area (Å²) in [4.78, 5) is 11.2. The average Bonchev–Trinajstić information content (AvgIpc) is 2.07. The average molecular weight is 257 g/mol. The summed E-state index contributed by atoms with van der Waals surface area (Å²) >= 11 is 0. The maximum Gasteiger partial charge on any atom is 0.407 e. The van der Waals surface area contributed by atoms with Gasteiger partial charge in [0.15, 0.2) is 0 Å². The first-order chi connectivity index (χ1) is 7.53. The Kier molecular flexibility index (Phi) is 5.74. The van der Waals surface area contributed by atoms with Crippen LogP contribution in [0.2, 0.25) is 0 Å². The zero-order valence-corrected chi connectivity index (χ0v) is 10.1. The van der Waals surface area contributed by atoms with Gasteiger partial charge in [-0.1, -0.05) is 0 Å². The molecule has 0 radical (unpaired) electrons. The SMILES string of the molecule is CC(C)(C)OC(=O)N[C@@H](CO)CCC(F)(F)F. The van der Waals surface area contributed by atoms with Gasteiger partial charge in [-0.15, -0.1) is 0 Å². The summed E-state index contributed by atoms with van der Waals surface area (Å²) in [6.07, 6.45) is -6.57. The van der Waals surface area contributed by atoms with Gasteiger partial charge < -0.3 is 15.2 Å². The van der Waals surface area contributed by atoms with Crippen LogP contribution in [0, 0.1) is 0 Å². The number of amides is 1. The lowest BCUT2D eigenvalue weighted by molar-refractivity contribution is -0.137. The standard InChI is InChI=1S/C10H18F3NO3/c1-9(2,3)17-8(16)14-7(6-15)4-5-10(11,12)13/h7,15H,4-6H2,1-3H3,(H,14,16)/t7-/m1/s1. The molecule has 1 atom stereocenters. The molecule has 0 aromatic carbocycles. The molecule has 0 spiro atoms. The molecule has 1 amide bonds. The predicted octanol–water partition coefficient (Wildman–Crippen LogP) is 2.21. The lowest BCUT2D eigenvalue weighted by Crippen LogP contribution is -2.41. The molecule has 0 rings (SSSR count). The molecule has 2 N–H and O–H groups in total. The van der Waals surface area contributed by atoms with Crippen molar-refractivity contribution >= 4 is 6.09 Å². The van der Waals surface area contributed by atoms with E-state index in [0.717, 1.165) is 0 Å². The minimum absolute atomic E-state index is 0.376. The van der Waals surface area contributed by atoms with Gasteiger partial charge in [-0.05, 0) is 27.2 Å². The maximum atomic E-state index is 11.9. The Labute approximate surface area is 98.1 Å². The molecule has 0 aliphatic carbocycles. The van der Waals surface area contributed by atoms with E-state index in [1.807, 2.05) is 0 Å². The number of carbonyl (C=O) groups excluding carboxylic acids is 1. The zero-order valence-electron chi connectivity index (χ0n) is 10.1. The quantitative estimate of drug-likeness (QED) is 0.811. The van der Waals surface area contributed by atoms with Crippen molar-refractivity contribution in [2.24, 2.45) is 0 Å². The fourth-order valence-electron chi connectivity index (χ4n) is 1.02. The topological polar surface area (TPSA) is 58.6 Å². The summed E-state index contributed by atoms with van der Waals surface area (Å²) < 4.78 is 40.7. The fraction of sp³-hybridized carbons (Fsp3) is 0.900.